The lowest BCUT2D eigenvalue weighted by molar-refractivity contribution is -0.185. The van der Waals surface area contributed by atoms with Crippen LogP contribution in [0.1, 0.15) is 19.8 Å². The van der Waals surface area contributed by atoms with Gasteiger partial charge in [0.15, 0.2) is 0 Å². The van der Waals surface area contributed by atoms with Gasteiger partial charge in [0, 0.05) is 5.41 Å². The lowest BCUT2D eigenvalue weighted by Crippen LogP contribution is -2.36. The minimum atomic E-state index is -4.37. The predicted octanol–water partition coefficient (Wildman–Crippen LogP) is 1.34. The van der Waals surface area contributed by atoms with Gasteiger partial charge in [-0.25, -0.2) is 0 Å². The minimum Gasteiger partial charge on any atom is -0.396 e. The van der Waals surface area contributed by atoms with Crippen molar-refractivity contribution in [1.29, 1.82) is 0 Å². The second-order valence-corrected chi connectivity index (χ2v) is 3.67. The quantitative estimate of drug-likeness (QED) is 0.693. The smallest absolute Gasteiger partial charge is 0.396 e. The van der Waals surface area contributed by atoms with Crippen LogP contribution in [0.25, 0.3) is 0 Å². The molecular weight excluding hydrogens is 213 g/mol. The third kappa shape index (κ3) is 5.96. The minimum absolute atomic E-state index is 0.284. The molecule has 0 radical (unpaired) electrons. The molecule has 0 aliphatic carbocycles. The van der Waals surface area contributed by atoms with Gasteiger partial charge in [0.2, 0.25) is 0 Å². The van der Waals surface area contributed by atoms with Gasteiger partial charge in [0.05, 0.1) is 19.8 Å². The van der Waals surface area contributed by atoms with Crippen molar-refractivity contribution >= 4 is 0 Å². The van der Waals surface area contributed by atoms with Gasteiger partial charge in [-0.3, -0.25) is 0 Å². The molecule has 0 aromatic rings. The molecule has 0 unspecified atom stereocenters. The van der Waals surface area contributed by atoms with Crippen LogP contribution in [-0.2, 0) is 4.74 Å². The Morgan fingerprint density at radius 2 is 1.60 bits per heavy atom. The Kier molecular flexibility index (Phi) is 6.16. The van der Waals surface area contributed by atoms with E-state index < -0.39 is 18.2 Å². The highest BCUT2D eigenvalue weighted by Gasteiger charge is 2.32. The van der Waals surface area contributed by atoms with Gasteiger partial charge in [0.25, 0.3) is 0 Å². The maximum atomic E-state index is 11.8. The summed E-state index contributed by atoms with van der Waals surface area (Å²) in [4.78, 5) is 0. The first-order valence-corrected chi connectivity index (χ1v) is 4.75. The van der Waals surface area contributed by atoms with Gasteiger partial charge in [-0.1, -0.05) is 13.3 Å². The molecule has 0 saturated heterocycles. The maximum Gasteiger partial charge on any atom is 0.411 e. The molecule has 0 aliphatic heterocycles. The van der Waals surface area contributed by atoms with Gasteiger partial charge < -0.3 is 14.9 Å². The largest absolute Gasteiger partial charge is 0.411 e. The van der Waals surface area contributed by atoms with Gasteiger partial charge in [-0.05, 0) is 6.42 Å². The summed E-state index contributed by atoms with van der Waals surface area (Å²) in [5, 5.41) is 18.0. The highest BCUT2D eigenvalue weighted by molar-refractivity contribution is 4.77. The summed E-state index contributed by atoms with van der Waals surface area (Å²) in [6.07, 6.45) is -3.28. The number of halogens is 3. The molecule has 3 nitrogen and oxygen atoms in total. The van der Waals surface area contributed by atoms with Gasteiger partial charge in [-0.15, -0.1) is 0 Å². The molecule has 0 spiro atoms. The Morgan fingerprint density at radius 1 is 1.07 bits per heavy atom. The zero-order chi connectivity index (χ0) is 11.9. The fraction of sp³-hybridized carbons (Fsp3) is 1.00. The Bertz CT molecular complexity index is 166. The maximum absolute atomic E-state index is 11.8. The number of hydrogen-bond donors (Lipinski definition) is 2. The molecule has 0 atom stereocenters. The van der Waals surface area contributed by atoms with E-state index in [4.69, 9.17) is 10.2 Å². The van der Waals surface area contributed by atoms with E-state index in [9.17, 15) is 13.2 Å². The fourth-order valence-electron chi connectivity index (χ4n) is 1.29. The van der Waals surface area contributed by atoms with Crippen molar-refractivity contribution in [2.24, 2.45) is 5.41 Å². The van der Waals surface area contributed by atoms with Crippen molar-refractivity contribution < 1.29 is 28.1 Å². The molecule has 0 rings (SSSR count). The molecule has 0 fully saturated rings. The molecule has 15 heavy (non-hydrogen) atoms. The number of rotatable bonds is 7. The van der Waals surface area contributed by atoms with Crippen molar-refractivity contribution in [2.75, 3.05) is 26.4 Å². The van der Waals surface area contributed by atoms with Gasteiger partial charge >= 0.3 is 6.18 Å². The molecule has 92 valence electrons. The van der Waals surface area contributed by atoms with Crippen molar-refractivity contribution in [3.8, 4) is 0 Å². The van der Waals surface area contributed by atoms with Gasteiger partial charge in [-0.2, -0.15) is 13.2 Å². The van der Waals surface area contributed by atoms with Crippen LogP contribution >= 0.6 is 0 Å². The summed E-state index contributed by atoms with van der Waals surface area (Å²) in [6.45, 7) is -0.569. The monoisotopic (exact) mass is 230 g/mol. The van der Waals surface area contributed by atoms with Crippen LogP contribution in [-0.4, -0.2) is 42.8 Å². The van der Waals surface area contributed by atoms with Crippen molar-refractivity contribution in [1.82, 2.24) is 0 Å². The molecule has 0 aliphatic rings. The first kappa shape index (κ1) is 14.7. The van der Waals surface area contributed by atoms with Crippen LogP contribution in [0.5, 0.6) is 0 Å². The van der Waals surface area contributed by atoms with Crippen LogP contribution in [0.4, 0.5) is 13.2 Å². The first-order chi connectivity index (χ1) is 6.89. The Morgan fingerprint density at radius 3 is 1.93 bits per heavy atom. The Hall–Kier alpha value is -0.330. The summed E-state index contributed by atoms with van der Waals surface area (Å²) >= 11 is 0. The van der Waals surface area contributed by atoms with Crippen molar-refractivity contribution in [3.05, 3.63) is 0 Å². The average molecular weight is 230 g/mol. The highest BCUT2D eigenvalue weighted by Crippen LogP contribution is 2.24. The lowest BCUT2D eigenvalue weighted by Gasteiger charge is -2.29. The Labute approximate surface area is 86.9 Å². The van der Waals surface area contributed by atoms with E-state index in [-0.39, 0.29) is 19.8 Å². The molecule has 2 N–H and O–H groups in total. The van der Waals surface area contributed by atoms with E-state index >= 15 is 0 Å². The van der Waals surface area contributed by atoms with Gasteiger partial charge in [0.1, 0.15) is 6.61 Å². The molecule has 0 amide bonds. The third-order valence-corrected chi connectivity index (χ3v) is 2.13. The molecule has 0 heterocycles. The number of aliphatic hydroxyl groups excluding tert-OH is 2. The second kappa shape index (κ2) is 6.30. The van der Waals surface area contributed by atoms with Crippen molar-refractivity contribution in [3.63, 3.8) is 0 Å². The summed E-state index contributed by atoms with van der Waals surface area (Å²) < 4.78 is 39.8. The second-order valence-electron chi connectivity index (χ2n) is 3.67. The molecule has 0 aromatic carbocycles. The number of aliphatic hydroxyl groups is 2. The van der Waals surface area contributed by atoms with Crippen molar-refractivity contribution in [2.45, 2.75) is 25.9 Å². The van der Waals surface area contributed by atoms with E-state index in [1.165, 1.54) is 0 Å². The number of hydrogen-bond acceptors (Lipinski definition) is 3. The van der Waals surface area contributed by atoms with Crippen LogP contribution in [0, 0.1) is 5.41 Å². The van der Waals surface area contributed by atoms with Crippen LogP contribution < -0.4 is 0 Å². The Balaban J connectivity index is 4.06. The predicted molar refractivity (Wildman–Crippen MR) is 48.4 cm³/mol. The molecule has 0 bridgehead atoms. The fourth-order valence-corrected chi connectivity index (χ4v) is 1.29. The summed E-state index contributed by atoms with van der Waals surface area (Å²) in [5.74, 6) is 0. The van der Waals surface area contributed by atoms with E-state index in [1.54, 1.807) is 0 Å². The van der Waals surface area contributed by atoms with Crippen LogP contribution in [0.3, 0.4) is 0 Å². The van der Waals surface area contributed by atoms with E-state index in [1.807, 2.05) is 6.92 Å². The SMILES string of the molecule is CCCC(CO)(CO)COCC(F)(F)F. The van der Waals surface area contributed by atoms with Crippen LogP contribution in [0.2, 0.25) is 0 Å². The summed E-state index contributed by atoms with van der Waals surface area (Å²) in [7, 11) is 0. The normalized spacial score (nSPS) is 13.2. The average Bonchev–Trinajstić information content (AvgIpc) is 2.14. The molecular formula is C9H17F3O3. The third-order valence-electron chi connectivity index (χ3n) is 2.13. The molecule has 6 heteroatoms. The zero-order valence-corrected chi connectivity index (χ0v) is 8.68. The summed E-state index contributed by atoms with van der Waals surface area (Å²) in [5.41, 5.74) is -0.958. The topological polar surface area (TPSA) is 49.7 Å². The van der Waals surface area contributed by atoms with Crippen LogP contribution in [0.15, 0.2) is 0 Å². The highest BCUT2D eigenvalue weighted by atomic mass is 19.4. The van der Waals surface area contributed by atoms with E-state index in [2.05, 4.69) is 4.74 Å². The molecule has 0 aromatic heterocycles. The number of ether oxygens (including phenoxy) is 1. The standard InChI is InChI=1S/C9H17F3O3/c1-2-3-8(4-13,5-14)6-15-7-9(10,11)12/h13-14H,2-7H2,1H3. The lowest BCUT2D eigenvalue weighted by atomic mass is 9.86. The molecule has 0 saturated carbocycles. The summed E-state index contributed by atoms with van der Waals surface area (Å²) in [6, 6.07) is 0. The zero-order valence-electron chi connectivity index (χ0n) is 8.68. The van der Waals surface area contributed by atoms with E-state index in [0.717, 1.165) is 0 Å². The number of alkyl halides is 3. The first-order valence-electron chi connectivity index (χ1n) is 4.75. The van der Waals surface area contributed by atoms with E-state index in [0.29, 0.717) is 12.8 Å².